The highest BCUT2D eigenvalue weighted by Crippen LogP contribution is 2.24. The number of carbonyl (C=O) groups is 1. The molecule has 1 saturated heterocycles. The molecular weight excluding hydrogens is 272 g/mol. The zero-order valence-electron chi connectivity index (χ0n) is 12.2. The molecule has 0 aliphatic carbocycles. The molecule has 1 heterocycles. The summed E-state index contributed by atoms with van der Waals surface area (Å²) in [6, 6.07) is 7.97. The van der Waals surface area contributed by atoms with E-state index in [2.05, 4.69) is 36.2 Å². The molecule has 0 aromatic heterocycles. The SMILES string of the molecule is CC(C)CC(=O)NCC1CCN(c2ccc(Cl)cc2)C1. The van der Waals surface area contributed by atoms with Gasteiger partial charge in [-0.1, -0.05) is 25.4 Å². The first-order chi connectivity index (χ1) is 9.54. The van der Waals surface area contributed by atoms with Crippen LogP contribution in [0.2, 0.25) is 5.02 Å². The van der Waals surface area contributed by atoms with Gasteiger partial charge in [-0.15, -0.1) is 0 Å². The number of hydrogen-bond acceptors (Lipinski definition) is 2. The molecule has 1 aliphatic heterocycles. The summed E-state index contributed by atoms with van der Waals surface area (Å²) in [4.78, 5) is 14.0. The van der Waals surface area contributed by atoms with Crippen LogP contribution in [0.25, 0.3) is 0 Å². The predicted molar refractivity (Wildman–Crippen MR) is 84.2 cm³/mol. The van der Waals surface area contributed by atoms with Crippen molar-refractivity contribution in [1.82, 2.24) is 5.32 Å². The van der Waals surface area contributed by atoms with Gasteiger partial charge in [-0.3, -0.25) is 4.79 Å². The molecule has 2 rings (SSSR count). The summed E-state index contributed by atoms with van der Waals surface area (Å²) >= 11 is 5.91. The summed E-state index contributed by atoms with van der Waals surface area (Å²) in [6.07, 6.45) is 1.75. The minimum absolute atomic E-state index is 0.171. The van der Waals surface area contributed by atoms with Crippen LogP contribution in [0.3, 0.4) is 0 Å². The van der Waals surface area contributed by atoms with E-state index in [9.17, 15) is 4.79 Å². The van der Waals surface area contributed by atoms with Gasteiger partial charge in [0.25, 0.3) is 0 Å². The van der Waals surface area contributed by atoms with Crippen molar-refractivity contribution < 1.29 is 4.79 Å². The van der Waals surface area contributed by atoms with Crippen LogP contribution in [0.15, 0.2) is 24.3 Å². The Kier molecular flexibility index (Phi) is 5.30. The second kappa shape index (κ2) is 6.98. The molecule has 1 unspecified atom stereocenters. The van der Waals surface area contributed by atoms with Crippen LogP contribution in [0.1, 0.15) is 26.7 Å². The Morgan fingerprint density at radius 3 is 2.75 bits per heavy atom. The standard InChI is InChI=1S/C16H23ClN2O/c1-12(2)9-16(20)18-10-13-7-8-19(11-13)15-5-3-14(17)4-6-15/h3-6,12-13H,7-11H2,1-2H3,(H,18,20). The molecule has 1 aromatic rings. The van der Waals surface area contributed by atoms with Gasteiger partial charge in [-0.25, -0.2) is 0 Å². The molecule has 1 N–H and O–H groups in total. The van der Waals surface area contributed by atoms with Crippen LogP contribution in [-0.4, -0.2) is 25.5 Å². The predicted octanol–water partition coefficient (Wildman–Crippen LogP) is 3.33. The van der Waals surface area contributed by atoms with Gasteiger partial charge in [0.2, 0.25) is 5.91 Å². The van der Waals surface area contributed by atoms with Crippen LogP contribution in [0, 0.1) is 11.8 Å². The largest absolute Gasteiger partial charge is 0.371 e. The van der Waals surface area contributed by atoms with Gasteiger partial charge < -0.3 is 10.2 Å². The van der Waals surface area contributed by atoms with Crippen LogP contribution < -0.4 is 10.2 Å². The van der Waals surface area contributed by atoms with Crippen LogP contribution in [-0.2, 0) is 4.79 Å². The Bertz CT molecular complexity index is 444. The third-order valence-corrected chi connectivity index (χ3v) is 3.91. The minimum atomic E-state index is 0.171. The molecule has 1 atom stereocenters. The van der Waals surface area contributed by atoms with E-state index in [1.54, 1.807) is 0 Å². The Morgan fingerprint density at radius 1 is 1.40 bits per heavy atom. The molecule has 0 bridgehead atoms. The number of rotatable bonds is 5. The van der Waals surface area contributed by atoms with E-state index in [1.165, 1.54) is 5.69 Å². The maximum absolute atomic E-state index is 11.7. The smallest absolute Gasteiger partial charge is 0.220 e. The molecule has 4 heteroatoms. The lowest BCUT2D eigenvalue weighted by molar-refractivity contribution is -0.121. The van der Waals surface area contributed by atoms with Gasteiger partial charge in [-0.05, 0) is 42.5 Å². The first-order valence-electron chi connectivity index (χ1n) is 7.32. The number of benzene rings is 1. The molecule has 0 radical (unpaired) electrons. The number of anilines is 1. The molecule has 20 heavy (non-hydrogen) atoms. The maximum atomic E-state index is 11.7. The van der Waals surface area contributed by atoms with Crippen LogP contribution in [0.4, 0.5) is 5.69 Å². The molecule has 1 amide bonds. The second-order valence-corrected chi connectivity index (χ2v) is 6.42. The quantitative estimate of drug-likeness (QED) is 0.903. The fourth-order valence-corrected chi connectivity index (χ4v) is 2.71. The lowest BCUT2D eigenvalue weighted by Crippen LogP contribution is -2.31. The van der Waals surface area contributed by atoms with E-state index in [4.69, 9.17) is 11.6 Å². The zero-order chi connectivity index (χ0) is 14.5. The van der Waals surface area contributed by atoms with Crippen LogP contribution >= 0.6 is 11.6 Å². The van der Waals surface area contributed by atoms with E-state index < -0.39 is 0 Å². The average Bonchev–Trinajstić information content (AvgIpc) is 2.85. The van der Waals surface area contributed by atoms with Gasteiger partial charge >= 0.3 is 0 Å². The normalized spacial score (nSPS) is 18.6. The Morgan fingerprint density at radius 2 is 2.10 bits per heavy atom. The highest BCUT2D eigenvalue weighted by molar-refractivity contribution is 6.30. The molecule has 110 valence electrons. The molecular formula is C16H23ClN2O. The third kappa shape index (κ3) is 4.41. The van der Waals surface area contributed by atoms with Gasteiger partial charge in [0.05, 0.1) is 0 Å². The van der Waals surface area contributed by atoms with Gasteiger partial charge in [0, 0.05) is 36.8 Å². The van der Waals surface area contributed by atoms with Crippen LogP contribution in [0.5, 0.6) is 0 Å². The van der Waals surface area contributed by atoms with Crippen molar-refractivity contribution in [3.8, 4) is 0 Å². The molecule has 0 spiro atoms. The second-order valence-electron chi connectivity index (χ2n) is 5.98. The monoisotopic (exact) mass is 294 g/mol. The molecule has 1 aliphatic rings. The van der Waals surface area contributed by atoms with E-state index in [-0.39, 0.29) is 5.91 Å². The van der Waals surface area contributed by atoms with Gasteiger partial charge in [-0.2, -0.15) is 0 Å². The summed E-state index contributed by atoms with van der Waals surface area (Å²) in [7, 11) is 0. The summed E-state index contributed by atoms with van der Waals surface area (Å²) in [5.41, 5.74) is 1.21. The van der Waals surface area contributed by atoms with Crippen molar-refractivity contribution in [3.05, 3.63) is 29.3 Å². The van der Waals surface area contributed by atoms with Gasteiger partial charge in [0.15, 0.2) is 0 Å². The Labute approximate surface area is 126 Å². The lowest BCUT2D eigenvalue weighted by atomic mass is 10.1. The van der Waals surface area contributed by atoms with E-state index in [1.807, 2.05) is 12.1 Å². The van der Waals surface area contributed by atoms with E-state index in [0.717, 1.165) is 31.1 Å². The minimum Gasteiger partial charge on any atom is -0.371 e. The highest BCUT2D eigenvalue weighted by Gasteiger charge is 2.23. The molecule has 1 fully saturated rings. The summed E-state index contributed by atoms with van der Waals surface area (Å²) in [6.45, 7) is 6.97. The number of amides is 1. The summed E-state index contributed by atoms with van der Waals surface area (Å²) in [5, 5.41) is 3.82. The Balaban J connectivity index is 1.78. The lowest BCUT2D eigenvalue weighted by Gasteiger charge is -2.19. The first-order valence-corrected chi connectivity index (χ1v) is 7.69. The summed E-state index contributed by atoms with van der Waals surface area (Å²) < 4.78 is 0. The van der Waals surface area contributed by atoms with Crippen molar-refractivity contribution in [3.63, 3.8) is 0 Å². The Hall–Kier alpha value is -1.22. The molecule has 1 aromatic carbocycles. The molecule has 3 nitrogen and oxygen atoms in total. The van der Waals surface area contributed by atoms with Crippen molar-refractivity contribution >= 4 is 23.2 Å². The number of carbonyl (C=O) groups excluding carboxylic acids is 1. The topological polar surface area (TPSA) is 32.3 Å². The number of nitrogens with one attached hydrogen (secondary N) is 1. The number of nitrogens with zero attached hydrogens (tertiary/aromatic N) is 1. The van der Waals surface area contributed by atoms with Crippen molar-refractivity contribution in [2.45, 2.75) is 26.7 Å². The average molecular weight is 295 g/mol. The van der Waals surface area contributed by atoms with Gasteiger partial charge in [0.1, 0.15) is 0 Å². The number of hydrogen-bond donors (Lipinski definition) is 1. The number of halogens is 1. The maximum Gasteiger partial charge on any atom is 0.220 e. The fraction of sp³-hybridized carbons (Fsp3) is 0.562. The third-order valence-electron chi connectivity index (χ3n) is 3.66. The van der Waals surface area contributed by atoms with Crippen molar-refractivity contribution in [1.29, 1.82) is 0 Å². The highest BCUT2D eigenvalue weighted by atomic mass is 35.5. The fourth-order valence-electron chi connectivity index (χ4n) is 2.59. The van der Waals surface area contributed by atoms with Crippen molar-refractivity contribution in [2.24, 2.45) is 11.8 Å². The van der Waals surface area contributed by atoms with E-state index >= 15 is 0 Å². The zero-order valence-corrected chi connectivity index (χ0v) is 13.0. The van der Waals surface area contributed by atoms with E-state index in [0.29, 0.717) is 18.3 Å². The van der Waals surface area contributed by atoms with Crippen molar-refractivity contribution in [2.75, 3.05) is 24.5 Å². The first kappa shape index (κ1) is 15.2. The summed E-state index contributed by atoms with van der Waals surface area (Å²) in [5.74, 6) is 1.14. The molecule has 0 saturated carbocycles.